The van der Waals surface area contributed by atoms with Gasteiger partial charge in [0.2, 0.25) is 0 Å². The summed E-state index contributed by atoms with van der Waals surface area (Å²) in [6, 6.07) is 10.5. The number of halogens is 2. The van der Waals surface area contributed by atoms with Crippen molar-refractivity contribution in [2.24, 2.45) is 0 Å². The van der Waals surface area contributed by atoms with E-state index in [2.05, 4.69) is 19.8 Å². The number of carbonyl (C=O) groups is 1. The fourth-order valence-corrected chi connectivity index (χ4v) is 4.21. The van der Waals surface area contributed by atoms with Gasteiger partial charge in [0.25, 0.3) is 0 Å². The van der Waals surface area contributed by atoms with Gasteiger partial charge in [0.1, 0.15) is 10.7 Å². The second kappa shape index (κ2) is 7.34. The van der Waals surface area contributed by atoms with Gasteiger partial charge in [0.15, 0.2) is 21.3 Å². The summed E-state index contributed by atoms with van der Waals surface area (Å²) in [7, 11) is -3.66. The first-order chi connectivity index (χ1) is 14.6. The number of hydrogen-bond donors (Lipinski definition) is 2. The van der Waals surface area contributed by atoms with Gasteiger partial charge < -0.3 is 19.9 Å². The molecule has 0 spiro atoms. The number of nitrogens with zero attached hydrogens (tertiary/aromatic N) is 1. The summed E-state index contributed by atoms with van der Waals surface area (Å²) in [6.45, 7) is 1.29. The summed E-state index contributed by atoms with van der Waals surface area (Å²) in [5.41, 5.74) is 0.319. The third-order valence-corrected chi connectivity index (χ3v) is 6.45. The monoisotopic (exact) mass is 450 g/mol. The van der Waals surface area contributed by atoms with E-state index in [0.717, 1.165) is 12.1 Å². The molecule has 31 heavy (non-hydrogen) atoms. The van der Waals surface area contributed by atoms with Crippen LogP contribution in [0.1, 0.15) is 22.8 Å². The van der Waals surface area contributed by atoms with Crippen molar-refractivity contribution >= 4 is 32.5 Å². The van der Waals surface area contributed by atoms with Gasteiger partial charge in [0.05, 0.1) is 16.8 Å². The molecule has 0 atom stereocenters. The molecule has 3 aromatic rings. The minimum atomic E-state index is -3.90. The van der Waals surface area contributed by atoms with Crippen molar-refractivity contribution in [2.45, 2.75) is 24.7 Å². The zero-order chi connectivity index (χ0) is 22.4. The number of para-hydroxylation sites is 1. The molecule has 11 heteroatoms. The van der Waals surface area contributed by atoms with Gasteiger partial charge in [-0.05, 0) is 29.8 Å². The zero-order valence-electron chi connectivity index (χ0n) is 16.1. The molecule has 2 heterocycles. The average molecular weight is 450 g/mol. The molecular weight excluding hydrogens is 434 g/mol. The second-order valence-corrected chi connectivity index (χ2v) is 8.96. The summed E-state index contributed by atoms with van der Waals surface area (Å²) in [6.07, 6.45) is -3.90. The highest BCUT2D eigenvalue weighted by atomic mass is 32.2. The minimum Gasteiger partial charge on any atom is -0.478 e. The Morgan fingerprint density at radius 2 is 1.84 bits per heavy atom. The van der Waals surface area contributed by atoms with Gasteiger partial charge in [-0.2, -0.15) is 0 Å². The van der Waals surface area contributed by atoms with Crippen LogP contribution in [-0.4, -0.2) is 36.5 Å². The molecule has 162 valence electrons. The largest absolute Gasteiger partial charge is 0.586 e. The van der Waals surface area contributed by atoms with E-state index in [1.165, 1.54) is 13.0 Å². The Hall–Kier alpha value is -3.47. The van der Waals surface area contributed by atoms with E-state index >= 15 is 0 Å². The van der Waals surface area contributed by atoms with Gasteiger partial charge in [-0.1, -0.05) is 25.1 Å². The number of hydrogen-bond acceptors (Lipinski definition) is 7. The summed E-state index contributed by atoms with van der Waals surface area (Å²) in [5, 5.41) is 12.9. The van der Waals surface area contributed by atoms with Gasteiger partial charge in [-0.25, -0.2) is 18.2 Å². The molecule has 0 amide bonds. The molecule has 2 N–H and O–H groups in total. The van der Waals surface area contributed by atoms with Gasteiger partial charge in [-0.3, -0.25) is 0 Å². The van der Waals surface area contributed by atoms with Gasteiger partial charge in [0, 0.05) is 11.9 Å². The number of benzene rings is 2. The van der Waals surface area contributed by atoms with Crippen LogP contribution in [0.15, 0.2) is 47.4 Å². The number of aromatic nitrogens is 1. The van der Waals surface area contributed by atoms with Crippen LogP contribution in [0.4, 0.5) is 14.6 Å². The zero-order valence-corrected chi connectivity index (χ0v) is 16.9. The van der Waals surface area contributed by atoms with Crippen LogP contribution in [0.3, 0.4) is 0 Å². The molecule has 0 bridgehead atoms. The van der Waals surface area contributed by atoms with Crippen LogP contribution in [0.25, 0.3) is 10.9 Å². The predicted octanol–water partition coefficient (Wildman–Crippen LogP) is 3.66. The quantitative estimate of drug-likeness (QED) is 0.585. The van der Waals surface area contributed by atoms with E-state index in [4.69, 9.17) is 0 Å². The Morgan fingerprint density at radius 1 is 1.16 bits per heavy atom. The number of carboxylic acid groups (broad SMARTS) is 1. The smallest absolute Gasteiger partial charge is 0.478 e. The summed E-state index contributed by atoms with van der Waals surface area (Å²) < 4.78 is 60.5. The lowest BCUT2D eigenvalue weighted by atomic mass is 10.1. The molecular formula is C20H16F2N2O6S. The fourth-order valence-electron chi connectivity index (χ4n) is 3.18. The highest BCUT2D eigenvalue weighted by molar-refractivity contribution is 7.91. The minimum absolute atomic E-state index is 0.0277. The number of sulfone groups is 1. The lowest BCUT2D eigenvalue weighted by Crippen LogP contribution is -2.25. The Morgan fingerprint density at radius 3 is 2.52 bits per heavy atom. The molecule has 1 aliphatic heterocycles. The number of nitrogens with one attached hydrogen (secondary N) is 1. The van der Waals surface area contributed by atoms with Crippen LogP contribution in [0.5, 0.6) is 11.5 Å². The van der Waals surface area contributed by atoms with Gasteiger partial charge >= 0.3 is 12.3 Å². The standard InChI is InChI=1S/C20H16F2N2O6S/c1-2-31(27,28)17-8-11-5-3-4-6-14(11)24-18(17)23-10-12-7-15-16(9-13(12)19(25)26)30-20(21,22)29-15/h3-9H,2,10H2,1H3,(H,23,24)(H,25,26). The molecule has 2 aromatic carbocycles. The maximum absolute atomic E-state index is 13.3. The van der Waals surface area contributed by atoms with Crippen molar-refractivity contribution in [3.8, 4) is 11.5 Å². The molecule has 0 saturated heterocycles. The first-order valence-electron chi connectivity index (χ1n) is 9.12. The highest BCUT2D eigenvalue weighted by Crippen LogP contribution is 2.42. The molecule has 0 saturated carbocycles. The fraction of sp³-hybridized carbons (Fsp3) is 0.200. The summed E-state index contributed by atoms with van der Waals surface area (Å²) in [5.74, 6) is -2.23. The van der Waals surface area contributed by atoms with Crippen molar-refractivity contribution in [3.63, 3.8) is 0 Å². The van der Waals surface area contributed by atoms with E-state index in [-0.39, 0.29) is 39.9 Å². The Bertz CT molecular complexity index is 1310. The molecule has 1 aliphatic rings. The van der Waals surface area contributed by atoms with E-state index in [1.807, 2.05) is 0 Å². The van der Waals surface area contributed by atoms with Crippen molar-refractivity contribution in [1.29, 1.82) is 0 Å². The number of aromatic carboxylic acids is 1. The van der Waals surface area contributed by atoms with Gasteiger partial charge in [-0.15, -0.1) is 8.78 Å². The van der Waals surface area contributed by atoms with Crippen molar-refractivity contribution < 1.29 is 36.6 Å². The molecule has 0 fully saturated rings. The van der Waals surface area contributed by atoms with E-state index in [9.17, 15) is 27.1 Å². The third kappa shape index (κ3) is 3.96. The second-order valence-electron chi connectivity index (χ2n) is 6.71. The molecule has 0 unspecified atom stereocenters. The average Bonchev–Trinajstić information content (AvgIpc) is 3.03. The van der Waals surface area contributed by atoms with Crippen LogP contribution in [0.2, 0.25) is 0 Å². The number of alkyl halides is 2. The highest BCUT2D eigenvalue weighted by Gasteiger charge is 2.44. The van der Waals surface area contributed by atoms with Crippen LogP contribution in [0, 0.1) is 0 Å². The lowest BCUT2D eigenvalue weighted by Gasteiger charge is -2.14. The first-order valence-corrected chi connectivity index (χ1v) is 10.8. The van der Waals surface area contributed by atoms with Crippen molar-refractivity contribution in [2.75, 3.05) is 11.1 Å². The number of anilines is 1. The first kappa shape index (κ1) is 20.8. The molecule has 0 aliphatic carbocycles. The Balaban J connectivity index is 1.74. The number of fused-ring (bicyclic) bond motifs is 2. The summed E-state index contributed by atoms with van der Waals surface area (Å²) in [4.78, 5) is 15.9. The topological polar surface area (TPSA) is 115 Å². The third-order valence-electron chi connectivity index (χ3n) is 4.71. The van der Waals surface area contributed by atoms with Crippen LogP contribution < -0.4 is 14.8 Å². The van der Waals surface area contributed by atoms with Crippen LogP contribution >= 0.6 is 0 Å². The normalized spacial score (nSPS) is 14.5. The lowest BCUT2D eigenvalue weighted by molar-refractivity contribution is -0.286. The number of rotatable bonds is 6. The predicted molar refractivity (Wildman–Crippen MR) is 106 cm³/mol. The molecule has 1 aromatic heterocycles. The van der Waals surface area contributed by atoms with E-state index in [0.29, 0.717) is 10.9 Å². The molecule has 0 radical (unpaired) electrons. The number of ether oxygens (including phenoxy) is 2. The Labute approximate surface area is 175 Å². The number of pyridine rings is 1. The molecule has 8 nitrogen and oxygen atoms in total. The number of carboxylic acids is 1. The molecule has 4 rings (SSSR count). The van der Waals surface area contributed by atoms with Crippen molar-refractivity contribution in [3.05, 3.63) is 53.6 Å². The van der Waals surface area contributed by atoms with Crippen LogP contribution in [-0.2, 0) is 16.4 Å². The summed E-state index contributed by atoms with van der Waals surface area (Å²) >= 11 is 0. The van der Waals surface area contributed by atoms with E-state index < -0.39 is 27.9 Å². The maximum atomic E-state index is 13.3. The maximum Gasteiger partial charge on any atom is 0.586 e. The van der Waals surface area contributed by atoms with Crippen molar-refractivity contribution in [1.82, 2.24) is 4.98 Å². The SMILES string of the molecule is CCS(=O)(=O)c1cc2ccccc2nc1NCc1cc2c(cc1C(=O)O)OC(F)(F)O2. The Kier molecular flexibility index (Phi) is 4.92. The van der Waals surface area contributed by atoms with E-state index in [1.54, 1.807) is 24.3 Å².